The maximum atomic E-state index is 6.04. The van der Waals surface area contributed by atoms with Crippen molar-refractivity contribution in [3.8, 4) is 5.75 Å². The highest BCUT2D eigenvalue weighted by Crippen LogP contribution is 2.39. The average molecular weight is 224 g/mol. The lowest BCUT2D eigenvalue weighted by atomic mass is 9.87. The molecule has 0 amide bonds. The van der Waals surface area contributed by atoms with Crippen LogP contribution >= 0.6 is 11.6 Å². The van der Waals surface area contributed by atoms with Crippen LogP contribution in [0.2, 0.25) is 5.02 Å². The smallest absolute Gasteiger partial charge is 0.122 e. The number of rotatable bonds is 0. The highest BCUT2D eigenvalue weighted by Gasteiger charge is 2.32. The Morgan fingerprint density at radius 2 is 2.27 bits per heavy atom. The largest absolute Gasteiger partial charge is 0.493 e. The summed E-state index contributed by atoms with van der Waals surface area (Å²) in [4.78, 5) is 0. The molecule has 1 N–H and O–H groups in total. The van der Waals surface area contributed by atoms with Crippen molar-refractivity contribution in [1.82, 2.24) is 5.32 Å². The van der Waals surface area contributed by atoms with Crippen molar-refractivity contribution < 1.29 is 4.74 Å². The molecule has 15 heavy (non-hydrogen) atoms. The first-order valence-electron chi connectivity index (χ1n) is 5.47. The van der Waals surface area contributed by atoms with Gasteiger partial charge in [-0.3, -0.25) is 0 Å². The molecule has 0 aliphatic carbocycles. The van der Waals surface area contributed by atoms with E-state index in [1.807, 2.05) is 12.1 Å². The Morgan fingerprint density at radius 1 is 1.33 bits per heavy atom. The molecular formula is C12H14ClNO. The third kappa shape index (κ3) is 1.62. The van der Waals surface area contributed by atoms with Crippen LogP contribution in [0, 0.1) is 5.92 Å². The highest BCUT2D eigenvalue weighted by molar-refractivity contribution is 6.30. The Morgan fingerprint density at radius 3 is 3.20 bits per heavy atom. The number of fused-ring (bicyclic) bond motifs is 3. The molecule has 0 spiro atoms. The molecule has 2 aliphatic rings. The number of halogens is 1. The number of nitrogens with one attached hydrogen (secondary N) is 1. The second-order valence-electron chi connectivity index (χ2n) is 4.34. The summed E-state index contributed by atoms with van der Waals surface area (Å²) < 4.78 is 5.75. The van der Waals surface area contributed by atoms with E-state index in [4.69, 9.17) is 16.3 Å². The summed E-state index contributed by atoms with van der Waals surface area (Å²) in [5.74, 6) is 2.32. The number of ether oxygens (including phenoxy) is 1. The molecule has 1 fully saturated rings. The first kappa shape index (κ1) is 9.49. The summed E-state index contributed by atoms with van der Waals surface area (Å²) in [6, 6.07) is 5.97. The molecule has 2 heterocycles. The molecule has 3 rings (SSSR count). The van der Waals surface area contributed by atoms with E-state index in [0.717, 1.165) is 36.9 Å². The van der Waals surface area contributed by atoms with Crippen LogP contribution in [-0.2, 0) is 0 Å². The first-order chi connectivity index (χ1) is 7.34. The Labute approximate surface area is 94.6 Å². The zero-order valence-electron chi connectivity index (χ0n) is 8.50. The third-order valence-electron chi connectivity index (χ3n) is 3.46. The van der Waals surface area contributed by atoms with Crippen molar-refractivity contribution >= 4 is 11.6 Å². The Bertz CT molecular complexity index is 380. The van der Waals surface area contributed by atoms with Gasteiger partial charge in [-0.2, -0.15) is 0 Å². The fourth-order valence-electron chi connectivity index (χ4n) is 2.66. The van der Waals surface area contributed by atoms with Crippen LogP contribution in [0.4, 0.5) is 0 Å². The van der Waals surface area contributed by atoms with Gasteiger partial charge >= 0.3 is 0 Å². The summed E-state index contributed by atoms with van der Waals surface area (Å²) in [5.41, 5.74) is 1.29. The SMILES string of the molecule is Clc1ccc2c(c1)C1CNCC1CCO2. The van der Waals surface area contributed by atoms with E-state index in [0.29, 0.717) is 11.8 Å². The summed E-state index contributed by atoms with van der Waals surface area (Å²) in [6.07, 6.45) is 1.14. The zero-order chi connectivity index (χ0) is 10.3. The van der Waals surface area contributed by atoms with Gasteiger partial charge in [0.25, 0.3) is 0 Å². The van der Waals surface area contributed by atoms with Crippen LogP contribution in [0.25, 0.3) is 0 Å². The van der Waals surface area contributed by atoms with Crippen molar-refractivity contribution in [2.45, 2.75) is 12.3 Å². The minimum absolute atomic E-state index is 0.584. The normalized spacial score (nSPS) is 28.9. The lowest BCUT2D eigenvalue weighted by Gasteiger charge is -2.15. The van der Waals surface area contributed by atoms with E-state index < -0.39 is 0 Å². The Kier molecular flexibility index (Phi) is 2.33. The van der Waals surface area contributed by atoms with Crippen molar-refractivity contribution in [3.05, 3.63) is 28.8 Å². The summed E-state index contributed by atoms with van der Waals surface area (Å²) in [6.45, 7) is 3.00. The third-order valence-corrected chi connectivity index (χ3v) is 3.69. The van der Waals surface area contributed by atoms with E-state index in [-0.39, 0.29) is 0 Å². The Hall–Kier alpha value is -0.730. The van der Waals surface area contributed by atoms with E-state index in [1.165, 1.54) is 5.56 Å². The van der Waals surface area contributed by atoms with E-state index in [2.05, 4.69) is 11.4 Å². The molecule has 1 saturated heterocycles. The van der Waals surface area contributed by atoms with Crippen LogP contribution in [0.5, 0.6) is 5.75 Å². The van der Waals surface area contributed by atoms with Gasteiger partial charge in [-0.25, -0.2) is 0 Å². The fourth-order valence-corrected chi connectivity index (χ4v) is 2.84. The van der Waals surface area contributed by atoms with E-state index in [9.17, 15) is 0 Å². The summed E-state index contributed by atoms with van der Waals surface area (Å²) >= 11 is 6.04. The molecule has 1 aromatic rings. The second kappa shape index (κ2) is 3.69. The second-order valence-corrected chi connectivity index (χ2v) is 4.78. The predicted molar refractivity (Wildman–Crippen MR) is 60.7 cm³/mol. The number of hydrogen-bond acceptors (Lipinski definition) is 2. The Balaban J connectivity index is 2.06. The number of hydrogen-bond donors (Lipinski definition) is 1. The minimum Gasteiger partial charge on any atom is -0.493 e. The maximum Gasteiger partial charge on any atom is 0.122 e. The lowest BCUT2D eigenvalue weighted by molar-refractivity contribution is 0.296. The van der Waals surface area contributed by atoms with Crippen LogP contribution in [0.3, 0.4) is 0 Å². The summed E-state index contributed by atoms with van der Waals surface area (Å²) in [5, 5.41) is 4.26. The van der Waals surface area contributed by atoms with Crippen molar-refractivity contribution in [2.24, 2.45) is 5.92 Å². The molecule has 2 aliphatic heterocycles. The van der Waals surface area contributed by atoms with Gasteiger partial charge in [-0.1, -0.05) is 11.6 Å². The molecule has 0 bridgehead atoms. The standard InChI is InChI=1S/C12H14ClNO/c13-9-1-2-12-10(5-9)11-7-14-6-8(11)3-4-15-12/h1-2,5,8,11,14H,3-4,6-7H2. The fraction of sp³-hybridized carbons (Fsp3) is 0.500. The van der Waals surface area contributed by atoms with Crippen LogP contribution in [0.1, 0.15) is 17.9 Å². The molecule has 1 aromatic carbocycles. The van der Waals surface area contributed by atoms with Gasteiger partial charge in [-0.15, -0.1) is 0 Å². The molecule has 0 saturated carbocycles. The van der Waals surface area contributed by atoms with E-state index in [1.54, 1.807) is 0 Å². The minimum atomic E-state index is 0.584. The van der Waals surface area contributed by atoms with Gasteiger partial charge in [0.05, 0.1) is 6.61 Å². The molecule has 2 atom stereocenters. The molecule has 2 unspecified atom stereocenters. The van der Waals surface area contributed by atoms with E-state index >= 15 is 0 Å². The van der Waals surface area contributed by atoms with Crippen LogP contribution in [-0.4, -0.2) is 19.7 Å². The van der Waals surface area contributed by atoms with Gasteiger partial charge < -0.3 is 10.1 Å². The molecule has 3 heteroatoms. The van der Waals surface area contributed by atoms with Gasteiger partial charge in [0.2, 0.25) is 0 Å². The first-order valence-corrected chi connectivity index (χ1v) is 5.85. The summed E-state index contributed by atoms with van der Waals surface area (Å²) in [7, 11) is 0. The van der Waals surface area contributed by atoms with Gasteiger partial charge in [0.15, 0.2) is 0 Å². The zero-order valence-corrected chi connectivity index (χ0v) is 9.26. The predicted octanol–water partition coefficient (Wildman–Crippen LogP) is 2.43. The molecule has 0 radical (unpaired) electrons. The van der Waals surface area contributed by atoms with Gasteiger partial charge in [-0.05, 0) is 37.1 Å². The molecular weight excluding hydrogens is 210 g/mol. The maximum absolute atomic E-state index is 6.04. The average Bonchev–Trinajstić information content (AvgIpc) is 2.62. The highest BCUT2D eigenvalue weighted by atomic mass is 35.5. The molecule has 2 nitrogen and oxygen atoms in total. The lowest BCUT2D eigenvalue weighted by Crippen LogP contribution is -2.11. The quantitative estimate of drug-likeness (QED) is 0.730. The van der Waals surface area contributed by atoms with Gasteiger partial charge in [0, 0.05) is 23.0 Å². The molecule has 80 valence electrons. The van der Waals surface area contributed by atoms with Crippen molar-refractivity contribution in [1.29, 1.82) is 0 Å². The monoisotopic (exact) mass is 223 g/mol. The van der Waals surface area contributed by atoms with Crippen molar-refractivity contribution in [2.75, 3.05) is 19.7 Å². The molecule has 0 aromatic heterocycles. The topological polar surface area (TPSA) is 21.3 Å². The number of benzene rings is 1. The van der Waals surface area contributed by atoms with Crippen LogP contribution < -0.4 is 10.1 Å². The van der Waals surface area contributed by atoms with Gasteiger partial charge in [0.1, 0.15) is 5.75 Å². The van der Waals surface area contributed by atoms with Crippen molar-refractivity contribution in [3.63, 3.8) is 0 Å². The van der Waals surface area contributed by atoms with Crippen LogP contribution in [0.15, 0.2) is 18.2 Å².